The summed E-state index contributed by atoms with van der Waals surface area (Å²) in [5, 5.41) is 20.3. The Bertz CT molecular complexity index is 593. The van der Waals surface area contributed by atoms with Crippen molar-refractivity contribution in [3.05, 3.63) is 47.5 Å². The van der Waals surface area contributed by atoms with E-state index in [1.807, 2.05) is 12.1 Å². The fourth-order valence-electron chi connectivity index (χ4n) is 2.27. The molecule has 0 amide bonds. The first-order valence-corrected chi connectivity index (χ1v) is 6.28. The number of rotatable bonds is 5. The second-order valence-electron chi connectivity index (χ2n) is 4.53. The van der Waals surface area contributed by atoms with Crippen molar-refractivity contribution in [2.24, 2.45) is 0 Å². The van der Waals surface area contributed by atoms with Gasteiger partial charge < -0.3 is 19.7 Å². The Kier molecular flexibility index (Phi) is 4.61. The zero-order valence-corrected chi connectivity index (χ0v) is 11.6. The second kappa shape index (κ2) is 6.41. The highest BCUT2D eigenvalue weighted by atomic mass is 16.5. The number of para-hydroxylation sites is 1. The van der Waals surface area contributed by atoms with Gasteiger partial charge in [-0.05, 0) is 23.3 Å². The van der Waals surface area contributed by atoms with Crippen LogP contribution in [0.1, 0.15) is 11.1 Å². The van der Waals surface area contributed by atoms with Gasteiger partial charge in [0, 0.05) is 25.3 Å². The van der Waals surface area contributed by atoms with E-state index in [9.17, 15) is 10.2 Å². The summed E-state index contributed by atoms with van der Waals surface area (Å²) in [5.41, 5.74) is 2.84. The molecule has 0 spiro atoms. The minimum atomic E-state index is 0.105. The Morgan fingerprint density at radius 2 is 1.60 bits per heavy atom. The number of phenolic OH excluding ortho intramolecular Hbond substituents is 2. The Morgan fingerprint density at radius 1 is 0.900 bits per heavy atom. The SMILES string of the molecule is COCc1cc(O)c(-c2ccccc2O)c(COC)c1. The van der Waals surface area contributed by atoms with Crippen LogP contribution in [0.25, 0.3) is 11.1 Å². The monoisotopic (exact) mass is 274 g/mol. The van der Waals surface area contributed by atoms with Crippen molar-refractivity contribution >= 4 is 0 Å². The minimum absolute atomic E-state index is 0.105. The molecule has 0 saturated heterocycles. The number of methoxy groups -OCH3 is 2. The summed E-state index contributed by atoms with van der Waals surface area (Å²) in [7, 11) is 3.19. The molecular weight excluding hydrogens is 256 g/mol. The van der Waals surface area contributed by atoms with Crippen molar-refractivity contribution < 1.29 is 19.7 Å². The first-order chi connectivity index (χ1) is 9.67. The molecule has 0 heterocycles. The Balaban J connectivity index is 2.59. The third kappa shape index (κ3) is 2.92. The number of ether oxygens (including phenoxy) is 2. The fourth-order valence-corrected chi connectivity index (χ4v) is 2.27. The number of benzene rings is 2. The molecule has 0 aliphatic heterocycles. The van der Waals surface area contributed by atoms with Gasteiger partial charge in [0.25, 0.3) is 0 Å². The molecule has 2 N–H and O–H groups in total. The van der Waals surface area contributed by atoms with E-state index in [1.54, 1.807) is 38.5 Å². The van der Waals surface area contributed by atoms with Crippen LogP contribution in [0, 0.1) is 0 Å². The Labute approximate surface area is 118 Å². The van der Waals surface area contributed by atoms with E-state index in [0.717, 1.165) is 11.1 Å². The normalized spacial score (nSPS) is 10.7. The smallest absolute Gasteiger partial charge is 0.124 e. The third-order valence-corrected chi connectivity index (χ3v) is 3.04. The molecule has 2 aromatic carbocycles. The molecule has 4 nitrogen and oxygen atoms in total. The van der Waals surface area contributed by atoms with Crippen LogP contribution in [0.2, 0.25) is 0 Å². The molecule has 0 radical (unpaired) electrons. The van der Waals surface area contributed by atoms with Crippen LogP contribution in [0.3, 0.4) is 0 Å². The third-order valence-electron chi connectivity index (χ3n) is 3.04. The van der Waals surface area contributed by atoms with Crippen LogP contribution < -0.4 is 0 Å². The van der Waals surface area contributed by atoms with Gasteiger partial charge in [0.1, 0.15) is 11.5 Å². The van der Waals surface area contributed by atoms with Gasteiger partial charge in [-0.25, -0.2) is 0 Å². The van der Waals surface area contributed by atoms with Gasteiger partial charge in [0.2, 0.25) is 0 Å². The summed E-state index contributed by atoms with van der Waals surface area (Å²) < 4.78 is 10.3. The molecule has 4 heteroatoms. The van der Waals surface area contributed by atoms with Crippen LogP contribution in [0.5, 0.6) is 11.5 Å². The quantitative estimate of drug-likeness (QED) is 0.879. The molecule has 0 fully saturated rings. The average molecular weight is 274 g/mol. The van der Waals surface area contributed by atoms with Crippen LogP contribution in [0.4, 0.5) is 0 Å². The molecule has 0 aliphatic rings. The summed E-state index contributed by atoms with van der Waals surface area (Å²) in [5.74, 6) is 0.229. The lowest BCUT2D eigenvalue weighted by molar-refractivity contribution is 0.180. The van der Waals surface area contributed by atoms with Gasteiger partial charge in [-0.1, -0.05) is 24.3 Å². The number of hydrogen-bond donors (Lipinski definition) is 2. The van der Waals surface area contributed by atoms with Gasteiger partial charge in [-0.15, -0.1) is 0 Å². The lowest BCUT2D eigenvalue weighted by Crippen LogP contribution is -1.97. The van der Waals surface area contributed by atoms with Gasteiger partial charge in [-0.2, -0.15) is 0 Å². The van der Waals surface area contributed by atoms with Crippen LogP contribution >= 0.6 is 0 Å². The first kappa shape index (κ1) is 14.4. The summed E-state index contributed by atoms with van der Waals surface area (Å²) in [4.78, 5) is 0. The van der Waals surface area contributed by atoms with Crippen LogP contribution in [0.15, 0.2) is 36.4 Å². The molecule has 106 valence electrons. The lowest BCUT2D eigenvalue weighted by atomic mass is 9.96. The fraction of sp³-hybridized carbons (Fsp3) is 0.250. The van der Waals surface area contributed by atoms with Gasteiger partial charge in [0.05, 0.1) is 13.2 Å². The molecule has 2 aromatic rings. The Hall–Kier alpha value is -2.04. The number of hydrogen-bond acceptors (Lipinski definition) is 4. The van der Waals surface area contributed by atoms with Crippen LogP contribution in [-0.4, -0.2) is 24.4 Å². The minimum Gasteiger partial charge on any atom is -0.507 e. The van der Waals surface area contributed by atoms with E-state index >= 15 is 0 Å². The summed E-state index contributed by atoms with van der Waals surface area (Å²) in [6.07, 6.45) is 0. The van der Waals surface area contributed by atoms with E-state index in [1.165, 1.54) is 0 Å². The molecule has 0 aromatic heterocycles. The molecule has 0 atom stereocenters. The molecule has 0 saturated carbocycles. The highest BCUT2D eigenvalue weighted by Gasteiger charge is 2.15. The van der Waals surface area contributed by atoms with Crippen LogP contribution in [-0.2, 0) is 22.7 Å². The van der Waals surface area contributed by atoms with Gasteiger partial charge >= 0.3 is 0 Å². The van der Waals surface area contributed by atoms with Crippen molar-refractivity contribution in [1.82, 2.24) is 0 Å². The number of aromatic hydroxyl groups is 2. The first-order valence-electron chi connectivity index (χ1n) is 6.28. The molecule has 0 unspecified atom stereocenters. The average Bonchev–Trinajstić information content (AvgIpc) is 2.41. The molecule has 2 rings (SSSR count). The maximum absolute atomic E-state index is 10.3. The van der Waals surface area contributed by atoms with E-state index in [4.69, 9.17) is 9.47 Å². The second-order valence-corrected chi connectivity index (χ2v) is 4.53. The van der Waals surface area contributed by atoms with Gasteiger partial charge in [-0.3, -0.25) is 0 Å². The maximum Gasteiger partial charge on any atom is 0.124 e. The lowest BCUT2D eigenvalue weighted by Gasteiger charge is -2.14. The van der Waals surface area contributed by atoms with Crippen molar-refractivity contribution in [2.45, 2.75) is 13.2 Å². The van der Waals surface area contributed by atoms with Gasteiger partial charge in [0.15, 0.2) is 0 Å². The van der Waals surface area contributed by atoms with Crippen molar-refractivity contribution in [2.75, 3.05) is 14.2 Å². The summed E-state index contributed by atoms with van der Waals surface area (Å²) in [6.45, 7) is 0.750. The predicted octanol–water partition coefficient (Wildman–Crippen LogP) is 3.06. The van der Waals surface area contributed by atoms with E-state index in [0.29, 0.717) is 24.3 Å². The predicted molar refractivity (Wildman–Crippen MR) is 76.6 cm³/mol. The Morgan fingerprint density at radius 3 is 2.25 bits per heavy atom. The summed E-state index contributed by atoms with van der Waals surface area (Å²) >= 11 is 0. The zero-order valence-electron chi connectivity index (χ0n) is 11.6. The standard InChI is InChI=1S/C16H18O4/c1-19-9-11-7-12(10-20-2)16(15(18)8-11)13-5-3-4-6-14(13)17/h3-8,17-18H,9-10H2,1-2H3. The highest BCUT2D eigenvalue weighted by molar-refractivity contribution is 5.78. The molecule has 20 heavy (non-hydrogen) atoms. The zero-order chi connectivity index (χ0) is 14.5. The topological polar surface area (TPSA) is 58.9 Å². The molecular formula is C16H18O4. The highest BCUT2D eigenvalue weighted by Crippen LogP contribution is 2.39. The van der Waals surface area contributed by atoms with E-state index in [2.05, 4.69) is 0 Å². The van der Waals surface area contributed by atoms with Crippen molar-refractivity contribution in [1.29, 1.82) is 0 Å². The van der Waals surface area contributed by atoms with Crippen molar-refractivity contribution in [3.8, 4) is 22.6 Å². The summed E-state index contributed by atoms with van der Waals surface area (Å²) in [6, 6.07) is 10.5. The van der Waals surface area contributed by atoms with Crippen molar-refractivity contribution in [3.63, 3.8) is 0 Å². The molecule has 0 aliphatic carbocycles. The van der Waals surface area contributed by atoms with E-state index < -0.39 is 0 Å². The van der Waals surface area contributed by atoms with E-state index in [-0.39, 0.29) is 11.5 Å². The molecule has 0 bridgehead atoms. The largest absolute Gasteiger partial charge is 0.507 e. The maximum atomic E-state index is 10.3. The number of phenols is 2.